The minimum absolute atomic E-state index is 0.00472. The van der Waals surface area contributed by atoms with E-state index in [2.05, 4.69) is 35.0 Å². The number of nitrogens with zero attached hydrogens (tertiary/aromatic N) is 2. The molecule has 5 nitrogen and oxygen atoms in total. The highest BCUT2D eigenvalue weighted by atomic mass is 16.5. The molecule has 5 rings (SSSR count). The van der Waals surface area contributed by atoms with Gasteiger partial charge in [-0.25, -0.2) is 4.98 Å². The van der Waals surface area contributed by atoms with Crippen LogP contribution >= 0.6 is 0 Å². The van der Waals surface area contributed by atoms with Crippen molar-refractivity contribution in [3.63, 3.8) is 0 Å². The summed E-state index contributed by atoms with van der Waals surface area (Å²) in [7, 11) is 0. The van der Waals surface area contributed by atoms with Crippen molar-refractivity contribution in [2.24, 2.45) is 0 Å². The molecule has 0 fully saturated rings. The molecule has 0 saturated heterocycles. The maximum atomic E-state index is 12.6. The van der Waals surface area contributed by atoms with Crippen molar-refractivity contribution < 1.29 is 4.74 Å². The third-order valence-corrected chi connectivity index (χ3v) is 5.64. The van der Waals surface area contributed by atoms with Crippen molar-refractivity contribution in [1.29, 1.82) is 0 Å². The molecule has 0 radical (unpaired) electrons. The van der Waals surface area contributed by atoms with Crippen LogP contribution in [-0.2, 0) is 25.9 Å². The molecule has 28 heavy (non-hydrogen) atoms. The van der Waals surface area contributed by atoms with Gasteiger partial charge >= 0.3 is 0 Å². The lowest BCUT2D eigenvalue weighted by Gasteiger charge is -2.28. The Morgan fingerprint density at radius 3 is 2.86 bits per heavy atom. The summed E-state index contributed by atoms with van der Waals surface area (Å²) in [5.41, 5.74) is 6.44. The lowest BCUT2D eigenvalue weighted by molar-refractivity contribution is 0.240. The van der Waals surface area contributed by atoms with E-state index in [9.17, 15) is 4.79 Å². The van der Waals surface area contributed by atoms with Crippen molar-refractivity contribution in [3.05, 3.63) is 80.8 Å². The monoisotopic (exact) mass is 373 g/mol. The molecule has 0 bridgehead atoms. The van der Waals surface area contributed by atoms with Crippen LogP contribution in [0.4, 0.5) is 0 Å². The van der Waals surface area contributed by atoms with Crippen molar-refractivity contribution in [1.82, 2.24) is 14.9 Å². The molecule has 142 valence electrons. The van der Waals surface area contributed by atoms with E-state index in [0.29, 0.717) is 12.4 Å². The van der Waals surface area contributed by atoms with Crippen LogP contribution in [0.2, 0.25) is 0 Å². The zero-order valence-corrected chi connectivity index (χ0v) is 16.0. The zero-order chi connectivity index (χ0) is 19.1. The summed E-state index contributed by atoms with van der Waals surface area (Å²) < 4.78 is 5.60. The van der Waals surface area contributed by atoms with Crippen LogP contribution in [-0.4, -0.2) is 28.0 Å². The normalized spacial score (nSPS) is 15.8. The lowest BCUT2D eigenvalue weighted by atomic mass is 10.0. The maximum Gasteiger partial charge on any atom is 0.254 e. The summed E-state index contributed by atoms with van der Waals surface area (Å²) >= 11 is 0. The van der Waals surface area contributed by atoms with Crippen LogP contribution in [0.5, 0.6) is 5.75 Å². The van der Waals surface area contributed by atoms with Gasteiger partial charge in [-0.2, -0.15) is 0 Å². The first kappa shape index (κ1) is 17.2. The van der Waals surface area contributed by atoms with Crippen molar-refractivity contribution >= 4 is 0 Å². The van der Waals surface area contributed by atoms with E-state index >= 15 is 0 Å². The predicted molar refractivity (Wildman–Crippen MR) is 108 cm³/mol. The second-order valence-electron chi connectivity index (χ2n) is 7.71. The number of hydrogen-bond acceptors (Lipinski definition) is 4. The van der Waals surface area contributed by atoms with E-state index < -0.39 is 0 Å². The number of aryl methyl sites for hydroxylation is 1. The Bertz CT molecular complexity index is 1090. The molecule has 2 aliphatic rings. The quantitative estimate of drug-likeness (QED) is 0.766. The lowest BCUT2D eigenvalue weighted by Crippen LogP contribution is -2.35. The van der Waals surface area contributed by atoms with E-state index in [4.69, 9.17) is 9.72 Å². The average Bonchev–Trinajstić information content (AvgIpc) is 3.16. The number of ether oxygens (including phenoxy) is 1. The third-order valence-electron chi connectivity index (χ3n) is 5.64. The molecule has 2 aliphatic heterocycles. The van der Waals surface area contributed by atoms with E-state index in [0.717, 1.165) is 55.1 Å². The molecule has 3 aromatic rings. The van der Waals surface area contributed by atoms with Gasteiger partial charge in [0, 0.05) is 37.2 Å². The Balaban J connectivity index is 1.40. The number of fused-ring (bicyclic) bond motifs is 2. The number of aromatic nitrogens is 2. The van der Waals surface area contributed by atoms with Crippen LogP contribution in [0.25, 0.3) is 11.4 Å². The summed E-state index contributed by atoms with van der Waals surface area (Å²) in [6.45, 7) is 5.27. The number of nitrogens with one attached hydrogen (secondary N) is 1. The van der Waals surface area contributed by atoms with Gasteiger partial charge in [-0.05, 0) is 30.5 Å². The first-order chi connectivity index (χ1) is 13.7. The van der Waals surface area contributed by atoms with Crippen LogP contribution in [0.1, 0.15) is 27.9 Å². The third kappa shape index (κ3) is 3.22. The molecule has 1 N–H and O–H groups in total. The smallest absolute Gasteiger partial charge is 0.254 e. The molecule has 1 aromatic heterocycles. The van der Waals surface area contributed by atoms with Gasteiger partial charge in [0.2, 0.25) is 0 Å². The predicted octanol–water partition coefficient (Wildman–Crippen LogP) is 3.24. The van der Waals surface area contributed by atoms with E-state index in [1.54, 1.807) is 0 Å². The minimum atomic E-state index is -0.00472. The fraction of sp³-hybridized carbons (Fsp3) is 0.304. The Kier molecular flexibility index (Phi) is 4.24. The summed E-state index contributed by atoms with van der Waals surface area (Å²) in [5.74, 6) is 1.67. The first-order valence-corrected chi connectivity index (χ1v) is 9.82. The second kappa shape index (κ2) is 6.91. The molecule has 2 aromatic carbocycles. The van der Waals surface area contributed by atoms with Crippen LogP contribution < -0.4 is 10.3 Å². The molecular formula is C23H23N3O2. The second-order valence-corrected chi connectivity index (χ2v) is 7.71. The van der Waals surface area contributed by atoms with E-state index in [-0.39, 0.29) is 5.56 Å². The van der Waals surface area contributed by atoms with Crippen molar-refractivity contribution in [2.75, 3.05) is 13.2 Å². The highest BCUT2D eigenvalue weighted by Gasteiger charge is 2.22. The Morgan fingerprint density at radius 2 is 2.00 bits per heavy atom. The fourth-order valence-electron chi connectivity index (χ4n) is 4.07. The van der Waals surface area contributed by atoms with Gasteiger partial charge in [-0.15, -0.1) is 0 Å². The molecule has 0 aliphatic carbocycles. The van der Waals surface area contributed by atoms with Crippen LogP contribution in [0.15, 0.2) is 47.3 Å². The minimum Gasteiger partial charge on any atom is -0.493 e. The van der Waals surface area contributed by atoms with Gasteiger partial charge in [-0.1, -0.05) is 42.0 Å². The molecule has 0 saturated carbocycles. The highest BCUT2D eigenvalue weighted by Crippen LogP contribution is 2.27. The SMILES string of the molecule is Cc1ccc(-c2nc3c(c(=O)[nH]2)CCN(Cc2ccc4c(c2)CCO4)C3)cc1. The van der Waals surface area contributed by atoms with E-state index in [1.165, 1.54) is 16.7 Å². The Labute approximate surface area is 164 Å². The highest BCUT2D eigenvalue weighted by molar-refractivity contribution is 5.55. The number of H-pyrrole nitrogens is 1. The summed E-state index contributed by atoms with van der Waals surface area (Å²) in [6.07, 6.45) is 1.72. The van der Waals surface area contributed by atoms with Gasteiger partial charge in [-0.3, -0.25) is 9.69 Å². The molecule has 0 spiro atoms. The summed E-state index contributed by atoms with van der Waals surface area (Å²) in [6, 6.07) is 14.6. The van der Waals surface area contributed by atoms with Gasteiger partial charge in [0.25, 0.3) is 5.56 Å². The fourth-order valence-corrected chi connectivity index (χ4v) is 4.07. The van der Waals surface area contributed by atoms with Gasteiger partial charge < -0.3 is 9.72 Å². The molecule has 5 heteroatoms. The van der Waals surface area contributed by atoms with Gasteiger partial charge in [0.05, 0.1) is 12.3 Å². The average molecular weight is 373 g/mol. The van der Waals surface area contributed by atoms with Gasteiger partial charge in [0.15, 0.2) is 0 Å². The number of rotatable bonds is 3. The van der Waals surface area contributed by atoms with Crippen molar-refractivity contribution in [2.45, 2.75) is 32.9 Å². The van der Waals surface area contributed by atoms with E-state index in [1.807, 2.05) is 24.3 Å². The number of benzene rings is 2. The molecule has 0 amide bonds. The molecular weight excluding hydrogens is 350 g/mol. The van der Waals surface area contributed by atoms with Crippen LogP contribution in [0.3, 0.4) is 0 Å². The zero-order valence-electron chi connectivity index (χ0n) is 16.0. The summed E-state index contributed by atoms with van der Waals surface area (Å²) in [4.78, 5) is 22.7. The topological polar surface area (TPSA) is 58.2 Å². The number of hydrogen-bond donors (Lipinski definition) is 1. The molecule has 0 unspecified atom stereocenters. The first-order valence-electron chi connectivity index (χ1n) is 9.82. The molecule has 3 heterocycles. The standard InChI is InChI=1S/C23H23N3O2/c1-15-2-5-17(6-3-15)22-24-20-14-26(10-8-19(20)23(27)25-22)13-16-4-7-21-18(12-16)9-11-28-21/h2-7,12H,8-11,13-14H2,1H3,(H,24,25,27). The van der Waals surface area contributed by atoms with Crippen molar-refractivity contribution in [3.8, 4) is 17.1 Å². The Hall–Kier alpha value is -2.92. The maximum absolute atomic E-state index is 12.6. The van der Waals surface area contributed by atoms with Gasteiger partial charge in [0.1, 0.15) is 11.6 Å². The Morgan fingerprint density at radius 1 is 1.14 bits per heavy atom. The molecule has 0 atom stereocenters. The largest absolute Gasteiger partial charge is 0.493 e. The summed E-state index contributed by atoms with van der Waals surface area (Å²) in [5, 5.41) is 0. The number of aromatic amines is 1. The van der Waals surface area contributed by atoms with Crippen LogP contribution in [0, 0.1) is 6.92 Å².